The third kappa shape index (κ3) is 4.89. The number of methoxy groups -OCH3 is 1. The van der Waals surface area contributed by atoms with E-state index in [9.17, 15) is 9.59 Å². The van der Waals surface area contributed by atoms with E-state index in [2.05, 4.69) is 20.7 Å². The molecule has 1 fully saturated rings. The number of aryl methyl sites for hydroxylation is 1. The number of rotatable bonds is 4. The molecule has 2 N–H and O–H groups in total. The van der Waals surface area contributed by atoms with E-state index >= 15 is 4.39 Å². The molecule has 0 radical (unpaired) electrons. The Labute approximate surface area is 190 Å². The highest BCUT2D eigenvalue weighted by atomic mass is 19.1. The summed E-state index contributed by atoms with van der Waals surface area (Å²) >= 11 is 0. The lowest BCUT2D eigenvalue weighted by molar-refractivity contribution is 0.121. The number of amides is 3. The summed E-state index contributed by atoms with van der Waals surface area (Å²) in [6.45, 7) is 3.89. The zero-order chi connectivity index (χ0) is 23.4. The minimum absolute atomic E-state index is 0.0375. The number of halogens is 1. The first-order chi connectivity index (χ1) is 16.0. The van der Waals surface area contributed by atoms with E-state index in [0.29, 0.717) is 43.1 Å². The number of benzene rings is 2. The molecule has 0 aliphatic carbocycles. The Kier molecular flexibility index (Phi) is 6.43. The molecule has 0 spiro atoms. The molecule has 1 aromatic heterocycles. The molecule has 33 heavy (non-hydrogen) atoms. The molecule has 1 aliphatic heterocycles. The van der Waals surface area contributed by atoms with Crippen LogP contribution in [-0.2, 0) is 4.74 Å². The van der Waals surface area contributed by atoms with Crippen molar-refractivity contribution in [3.05, 3.63) is 60.1 Å². The molecule has 1 saturated heterocycles. The van der Waals surface area contributed by atoms with Crippen LogP contribution >= 0.6 is 0 Å². The molecular formula is C23H24FN5O4. The number of urea groups is 1. The van der Waals surface area contributed by atoms with Gasteiger partial charge in [0, 0.05) is 49.1 Å². The molecule has 0 atom stereocenters. The van der Waals surface area contributed by atoms with Crippen LogP contribution in [0.25, 0.3) is 11.1 Å². The molecule has 172 valence electrons. The van der Waals surface area contributed by atoms with Gasteiger partial charge in [0.25, 0.3) is 0 Å². The maximum absolute atomic E-state index is 15.5. The van der Waals surface area contributed by atoms with Gasteiger partial charge >= 0.3 is 12.1 Å². The summed E-state index contributed by atoms with van der Waals surface area (Å²) in [4.78, 5) is 27.8. The molecular weight excluding hydrogens is 429 g/mol. The SMILES string of the molecule is COC(=O)N1CCN(c2ccccc2-c2cccc(NC(=O)Nc3cc(C)on3)c2F)CC1. The molecule has 0 saturated carbocycles. The summed E-state index contributed by atoms with van der Waals surface area (Å²) in [7, 11) is 1.36. The van der Waals surface area contributed by atoms with Gasteiger partial charge in [0.2, 0.25) is 0 Å². The number of piperazine rings is 1. The summed E-state index contributed by atoms with van der Waals surface area (Å²) < 4.78 is 25.2. The van der Waals surface area contributed by atoms with Gasteiger partial charge < -0.3 is 24.4 Å². The van der Waals surface area contributed by atoms with E-state index in [0.717, 1.165) is 5.69 Å². The number of aromatic nitrogens is 1. The molecule has 10 heteroatoms. The van der Waals surface area contributed by atoms with Crippen LogP contribution < -0.4 is 15.5 Å². The fraction of sp³-hybridized carbons (Fsp3) is 0.261. The van der Waals surface area contributed by atoms with Crippen LogP contribution in [0.4, 0.5) is 31.2 Å². The molecule has 3 aromatic rings. The number of nitrogens with zero attached hydrogens (tertiary/aromatic N) is 3. The molecule has 0 unspecified atom stereocenters. The number of carbonyl (C=O) groups excluding carboxylic acids is 2. The first-order valence-electron chi connectivity index (χ1n) is 10.4. The van der Waals surface area contributed by atoms with E-state index in [1.54, 1.807) is 30.0 Å². The third-order valence-corrected chi connectivity index (χ3v) is 5.36. The van der Waals surface area contributed by atoms with Crippen molar-refractivity contribution in [2.24, 2.45) is 0 Å². The second-order valence-electron chi connectivity index (χ2n) is 7.53. The monoisotopic (exact) mass is 453 g/mol. The van der Waals surface area contributed by atoms with Crippen LogP contribution in [0.1, 0.15) is 5.76 Å². The van der Waals surface area contributed by atoms with Crippen molar-refractivity contribution in [1.29, 1.82) is 0 Å². The fourth-order valence-electron chi connectivity index (χ4n) is 3.77. The van der Waals surface area contributed by atoms with Gasteiger partial charge in [-0.25, -0.2) is 14.0 Å². The average molecular weight is 453 g/mol. The molecule has 2 heterocycles. The van der Waals surface area contributed by atoms with E-state index < -0.39 is 11.8 Å². The Morgan fingerprint density at radius 2 is 1.76 bits per heavy atom. The fourth-order valence-corrected chi connectivity index (χ4v) is 3.77. The molecule has 9 nitrogen and oxygen atoms in total. The van der Waals surface area contributed by atoms with Gasteiger partial charge in [-0.3, -0.25) is 5.32 Å². The number of hydrogen-bond acceptors (Lipinski definition) is 6. The van der Waals surface area contributed by atoms with Crippen molar-refractivity contribution in [1.82, 2.24) is 10.1 Å². The van der Waals surface area contributed by atoms with Gasteiger partial charge in [0.15, 0.2) is 11.6 Å². The second kappa shape index (κ2) is 9.60. The predicted molar refractivity (Wildman–Crippen MR) is 122 cm³/mol. The summed E-state index contributed by atoms with van der Waals surface area (Å²) in [5, 5.41) is 8.72. The van der Waals surface area contributed by atoms with Crippen LogP contribution in [-0.4, -0.2) is 55.5 Å². The van der Waals surface area contributed by atoms with Crippen LogP contribution in [0, 0.1) is 12.7 Å². The second-order valence-corrected chi connectivity index (χ2v) is 7.53. The highest BCUT2D eigenvalue weighted by Crippen LogP contribution is 2.35. The Morgan fingerprint density at radius 3 is 2.45 bits per heavy atom. The van der Waals surface area contributed by atoms with Crippen LogP contribution in [0.15, 0.2) is 53.1 Å². The maximum atomic E-state index is 15.5. The van der Waals surface area contributed by atoms with Crippen molar-refractivity contribution < 1.29 is 23.2 Å². The molecule has 4 rings (SSSR count). The topological polar surface area (TPSA) is 99.9 Å². The lowest BCUT2D eigenvalue weighted by Gasteiger charge is -2.36. The van der Waals surface area contributed by atoms with Gasteiger partial charge in [-0.15, -0.1) is 0 Å². The largest absolute Gasteiger partial charge is 0.453 e. The standard InChI is InChI=1S/C23H24FN5O4/c1-15-14-20(27-33-15)26-22(30)25-18-8-5-7-17(21(18)24)16-6-3-4-9-19(16)28-10-12-29(13-11-28)23(31)32-2/h3-9,14H,10-13H2,1-2H3,(H2,25,26,27,30). The van der Waals surface area contributed by atoms with Gasteiger partial charge in [-0.1, -0.05) is 35.5 Å². The Balaban J connectivity index is 1.54. The predicted octanol–water partition coefficient (Wildman–Crippen LogP) is 4.32. The van der Waals surface area contributed by atoms with Crippen LogP contribution in [0.2, 0.25) is 0 Å². The molecule has 3 amide bonds. The summed E-state index contributed by atoms with van der Waals surface area (Å²) in [6.07, 6.45) is -0.355. The molecule has 0 bridgehead atoms. The number of para-hydroxylation sites is 1. The van der Waals surface area contributed by atoms with Crippen molar-refractivity contribution >= 4 is 29.3 Å². The van der Waals surface area contributed by atoms with Gasteiger partial charge in [-0.2, -0.15) is 0 Å². The first kappa shape index (κ1) is 22.1. The van der Waals surface area contributed by atoms with Crippen molar-refractivity contribution in [3.63, 3.8) is 0 Å². The number of anilines is 3. The number of nitrogens with one attached hydrogen (secondary N) is 2. The zero-order valence-electron chi connectivity index (χ0n) is 18.3. The number of carbonyl (C=O) groups is 2. The highest BCUT2D eigenvalue weighted by molar-refractivity contribution is 5.99. The average Bonchev–Trinajstić information content (AvgIpc) is 3.24. The molecule has 2 aromatic carbocycles. The molecule has 1 aliphatic rings. The lowest BCUT2D eigenvalue weighted by Crippen LogP contribution is -2.48. The Morgan fingerprint density at radius 1 is 1.03 bits per heavy atom. The van der Waals surface area contributed by atoms with Gasteiger partial charge in [0.05, 0.1) is 12.8 Å². The van der Waals surface area contributed by atoms with E-state index in [-0.39, 0.29) is 17.6 Å². The summed E-state index contributed by atoms with van der Waals surface area (Å²) in [5.74, 6) is 0.227. The highest BCUT2D eigenvalue weighted by Gasteiger charge is 2.24. The third-order valence-electron chi connectivity index (χ3n) is 5.36. The maximum Gasteiger partial charge on any atom is 0.409 e. The Hall–Kier alpha value is -4.08. The number of ether oxygens (including phenoxy) is 1. The van der Waals surface area contributed by atoms with E-state index in [1.165, 1.54) is 13.2 Å². The number of hydrogen-bond donors (Lipinski definition) is 2. The van der Waals surface area contributed by atoms with Crippen LogP contribution in [0.3, 0.4) is 0 Å². The normalized spacial score (nSPS) is 13.5. The minimum Gasteiger partial charge on any atom is -0.453 e. The van der Waals surface area contributed by atoms with E-state index in [1.807, 2.05) is 24.3 Å². The van der Waals surface area contributed by atoms with Crippen molar-refractivity contribution in [2.45, 2.75) is 6.92 Å². The zero-order valence-corrected chi connectivity index (χ0v) is 18.3. The van der Waals surface area contributed by atoms with Gasteiger partial charge in [0.1, 0.15) is 5.76 Å². The van der Waals surface area contributed by atoms with Crippen LogP contribution in [0.5, 0.6) is 0 Å². The minimum atomic E-state index is -0.633. The van der Waals surface area contributed by atoms with Crippen molar-refractivity contribution in [2.75, 3.05) is 48.8 Å². The first-order valence-corrected chi connectivity index (χ1v) is 10.4. The smallest absolute Gasteiger partial charge is 0.409 e. The Bertz CT molecular complexity index is 1160. The summed E-state index contributed by atoms with van der Waals surface area (Å²) in [5.41, 5.74) is 1.94. The van der Waals surface area contributed by atoms with Gasteiger partial charge in [-0.05, 0) is 19.1 Å². The summed E-state index contributed by atoms with van der Waals surface area (Å²) in [6, 6.07) is 13.2. The van der Waals surface area contributed by atoms with E-state index in [4.69, 9.17) is 9.26 Å². The lowest BCUT2D eigenvalue weighted by atomic mass is 10.0. The van der Waals surface area contributed by atoms with Crippen molar-refractivity contribution in [3.8, 4) is 11.1 Å². The quantitative estimate of drug-likeness (QED) is 0.610.